The Morgan fingerprint density at radius 2 is 1.52 bits per heavy atom. The van der Waals surface area contributed by atoms with Crippen molar-refractivity contribution in [3.05, 3.63) is 59.2 Å². The molecule has 0 atom stereocenters. The van der Waals surface area contributed by atoms with E-state index in [4.69, 9.17) is 0 Å². The predicted octanol–water partition coefficient (Wildman–Crippen LogP) is 3.32. The second-order valence-corrected chi connectivity index (χ2v) is 8.63. The van der Waals surface area contributed by atoms with Crippen LogP contribution in [-0.2, 0) is 14.8 Å². The van der Waals surface area contributed by atoms with Crippen LogP contribution in [-0.4, -0.2) is 26.6 Å². The summed E-state index contributed by atoms with van der Waals surface area (Å²) in [6, 6.07) is 12.0. The smallest absolute Gasteiger partial charge is 0.264 e. The molecule has 2 aromatic carbocycles. The summed E-state index contributed by atoms with van der Waals surface area (Å²) < 4.78 is 27.6. The normalized spacial score (nSPS) is 11.0. The molecule has 0 spiro atoms. The second-order valence-electron chi connectivity index (χ2n) is 6.76. The van der Waals surface area contributed by atoms with Crippen molar-refractivity contribution in [3.63, 3.8) is 0 Å². The van der Waals surface area contributed by atoms with E-state index in [-0.39, 0.29) is 11.4 Å². The average Bonchev–Trinajstić information content (AvgIpc) is 2.57. The fourth-order valence-corrected chi connectivity index (χ4v) is 3.99. The van der Waals surface area contributed by atoms with Crippen molar-refractivity contribution in [1.29, 1.82) is 0 Å². The molecule has 2 rings (SSSR count). The van der Waals surface area contributed by atoms with Gasteiger partial charge in [-0.25, -0.2) is 13.8 Å². The second kappa shape index (κ2) is 8.35. The van der Waals surface area contributed by atoms with Gasteiger partial charge in [0.2, 0.25) is 0 Å². The lowest BCUT2D eigenvalue weighted by Crippen LogP contribution is -2.39. The standard InChI is InChI=1S/C20H25N3O3S/c1-14(2)21-22-20(24)13-23(18-11-16(4)10-17(5)12-18)27(25,26)19-8-6-15(3)7-9-19/h6-12H,13H2,1-5H3,(H,22,24). The molecule has 1 N–H and O–H groups in total. The lowest BCUT2D eigenvalue weighted by Gasteiger charge is -2.24. The van der Waals surface area contributed by atoms with Gasteiger partial charge >= 0.3 is 0 Å². The summed E-state index contributed by atoms with van der Waals surface area (Å²) in [6.07, 6.45) is 0. The summed E-state index contributed by atoms with van der Waals surface area (Å²) in [5.74, 6) is -0.508. The third-order valence-electron chi connectivity index (χ3n) is 3.79. The van der Waals surface area contributed by atoms with Gasteiger partial charge in [0.25, 0.3) is 15.9 Å². The highest BCUT2D eigenvalue weighted by Gasteiger charge is 2.27. The Balaban J connectivity index is 2.49. The van der Waals surface area contributed by atoms with Crippen molar-refractivity contribution in [1.82, 2.24) is 5.43 Å². The van der Waals surface area contributed by atoms with Crippen LogP contribution in [0.25, 0.3) is 0 Å². The molecule has 0 bridgehead atoms. The number of carbonyl (C=O) groups is 1. The quantitative estimate of drug-likeness (QED) is 0.610. The summed E-state index contributed by atoms with van der Waals surface area (Å²) >= 11 is 0. The highest BCUT2D eigenvalue weighted by Crippen LogP contribution is 2.26. The number of amides is 1. The number of anilines is 1. The van der Waals surface area contributed by atoms with Crippen molar-refractivity contribution < 1.29 is 13.2 Å². The molecule has 0 aromatic heterocycles. The number of rotatable bonds is 6. The molecule has 7 heteroatoms. The van der Waals surface area contributed by atoms with E-state index in [1.54, 1.807) is 50.2 Å². The number of sulfonamides is 1. The number of nitrogens with one attached hydrogen (secondary N) is 1. The first-order valence-electron chi connectivity index (χ1n) is 8.57. The molecule has 0 aliphatic rings. The summed E-state index contributed by atoms with van der Waals surface area (Å²) in [6.45, 7) is 8.78. The third-order valence-corrected chi connectivity index (χ3v) is 5.58. The highest BCUT2D eigenvalue weighted by molar-refractivity contribution is 7.92. The zero-order chi connectivity index (χ0) is 20.2. The highest BCUT2D eigenvalue weighted by atomic mass is 32.2. The molecule has 0 aliphatic heterocycles. The number of hydrogen-bond donors (Lipinski definition) is 1. The van der Waals surface area contributed by atoms with E-state index in [1.165, 1.54) is 0 Å². The molecule has 2 aromatic rings. The number of hydrazone groups is 1. The topological polar surface area (TPSA) is 78.8 Å². The van der Waals surface area contributed by atoms with Gasteiger partial charge in [-0.1, -0.05) is 23.8 Å². The SMILES string of the molecule is CC(C)=NNC(=O)CN(c1cc(C)cc(C)c1)S(=O)(=O)c1ccc(C)cc1. The predicted molar refractivity (Wildman–Crippen MR) is 109 cm³/mol. The van der Waals surface area contributed by atoms with Crippen LogP contribution >= 0.6 is 0 Å². The van der Waals surface area contributed by atoms with Gasteiger partial charge in [0.1, 0.15) is 6.54 Å². The maximum atomic E-state index is 13.3. The number of hydrogen-bond acceptors (Lipinski definition) is 4. The number of aryl methyl sites for hydroxylation is 3. The Morgan fingerprint density at radius 1 is 0.963 bits per heavy atom. The zero-order valence-corrected chi connectivity index (χ0v) is 17.1. The molecule has 0 unspecified atom stereocenters. The van der Waals surface area contributed by atoms with Gasteiger partial charge in [-0.3, -0.25) is 9.10 Å². The summed E-state index contributed by atoms with van der Waals surface area (Å²) in [5.41, 5.74) is 6.28. The molecule has 0 heterocycles. The molecule has 6 nitrogen and oxygen atoms in total. The van der Waals surface area contributed by atoms with Crippen molar-refractivity contribution in [2.24, 2.45) is 5.10 Å². The molecular formula is C20H25N3O3S. The Bertz CT molecular complexity index is 940. The Labute approximate surface area is 161 Å². The number of benzene rings is 2. The van der Waals surface area contributed by atoms with Gasteiger partial charge < -0.3 is 0 Å². The first-order chi connectivity index (χ1) is 12.6. The van der Waals surface area contributed by atoms with E-state index < -0.39 is 15.9 Å². The van der Waals surface area contributed by atoms with E-state index in [9.17, 15) is 13.2 Å². The molecule has 27 heavy (non-hydrogen) atoms. The maximum Gasteiger partial charge on any atom is 0.264 e. The fraction of sp³-hybridized carbons (Fsp3) is 0.300. The Morgan fingerprint density at radius 3 is 2.04 bits per heavy atom. The maximum absolute atomic E-state index is 13.3. The summed E-state index contributed by atoms with van der Waals surface area (Å²) in [7, 11) is -3.91. The van der Waals surface area contributed by atoms with Gasteiger partial charge in [-0.05, 0) is 70.0 Å². The molecule has 0 radical (unpaired) electrons. The first kappa shape index (κ1) is 20.6. The zero-order valence-electron chi connectivity index (χ0n) is 16.3. The van der Waals surface area contributed by atoms with Crippen LogP contribution in [0.5, 0.6) is 0 Å². The fourth-order valence-electron chi connectivity index (χ4n) is 2.59. The van der Waals surface area contributed by atoms with E-state index in [0.29, 0.717) is 11.4 Å². The van der Waals surface area contributed by atoms with Gasteiger partial charge in [0, 0.05) is 5.71 Å². The third kappa shape index (κ3) is 5.40. The van der Waals surface area contributed by atoms with Crippen LogP contribution in [0.4, 0.5) is 5.69 Å². The molecule has 0 fully saturated rings. The lowest BCUT2D eigenvalue weighted by molar-refractivity contribution is -0.119. The van der Waals surface area contributed by atoms with E-state index in [2.05, 4.69) is 10.5 Å². The van der Waals surface area contributed by atoms with Crippen LogP contribution < -0.4 is 9.73 Å². The van der Waals surface area contributed by atoms with Crippen LogP contribution in [0.2, 0.25) is 0 Å². The molecule has 0 saturated heterocycles. The molecule has 1 amide bonds. The van der Waals surface area contributed by atoms with Crippen LogP contribution in [0.3, 0.4) is 0 Å². The molecule has 144 valence electrons. The molecule has 0 aliphatic carbocycles. The monoisotopic (exact) mass is 387 g/mol. The molecule has 0 saturated carbocycles. The van der Waals surface area contributed by atoms with E-state index >= 15 is 0 Å². The minimum absolute atomic E-state index is 0.134. The lowest BCUT2D eigenvalue weighted by atomic mass is 10.1. The Hall–Kier alpha value is -2.67. The van der Waals surface area contributed by atoms with E-state index in [0.717, 1.165) is 21.0 Å². The van der Waals surface area contributed by atoms with Gasteiger partial charge in [0.15, 0.2) is 0 Å². The van der Waals surface area contributed by atoms with Crippen molar-refractivity contribution in [2.45, 2.75) is 39.5 Å². The summed E-state index contributed by atoms with van der Waals surface area (Å²) in [5, 5.41) is 3.87. The molecular weight excluding hydrogens is 362 g/mol. The van der Waals surface area contributed by atoms with E-state index in [1.807, 2.05) is 26.8 Å². The van der Waals surface area contributed by atoms with Crippen LogP contribution in [0, 0.1) is 20.8 Å². The number of carbonyl (C=O) groups excluding carboxylic acids is 1. The minimum Gasteiger partial charge on any atom is -0.271 e. The van der Waals surface area contributed by atoms with Gasteiger partial charge in [-0.15, -0.1) is 0 Å². The van der Waals surface area contributed by atoms with Crippen LogP contribution in [0.15, 0.2) is 52.5 Å². The van der Waals surface area contributed by atoms with Crippen molar-refractivity contribution >= 4 is 27.3 Å². The van der Waals surface area contributed by atoms with Crippen molar-refractivity contribution in [3.8, 4) is 0 Å². The minimum atomic E-state index is -3.91. The Kier molecular flexibility index (Phi) is 6.38. The van der Waals surface area contributed by atoms with Gasteiger partial charge in [-0.2, -0.15) is 5.10 Å². The van der Waals surface area contributed by atoms with Crippen LogP contribution in [0.1, 0.15) is 30.5 Å². The summed E-state index contributed by atoms with van der Waals surface area (Å²) in [4.78, 5) is 12.4. The average molecular weight is 388 g/mol. The van der Waals surface area contributed by atoms with Crippen molar-refractivity contribution in [2.75, 3.05) is 10.8 Å². The number of nitrogens with zero attached hydrogens (tertiary/aromatic N) is 2. The first-order valence-corrected chi connectivity index (χ1v) is 10.0. The largest absolute Gasteiger partial charge is 0.271 e. The van der Waals surface area contributed by atoms with Gasteiger partial charge in [0.05, 0.1) is 10.6 Å².